The van der Waals surface area contributed by atoms with E-state index < -0.39 is 11.4 Å². The first-order chi connectivity index (χ1) is 15.3. The summed E-state index contributed by atoms with van der Waals surface area (Å²) in [5, 5.41) is 0. The molecule has 5 heteroatoms. The fraction of sp³-hybridized carbons (Fsp3) is 0.185. The molecule has 0 aliphatic carbocycles. The smallest absolute Gasteiger partial charge is 0.261 e. The molecular weight excluding hydrogens is 405 g/mol. The normalized spacial score (nSPS) is 14.4. The number of benzene rings is 3. The van der Waals surface area contributed by atoms with Crippen LogP contribution in [0.1, 0.15) is 36.7 Å². The van der Waals surface area contributed by atoms with E-state index in [9.17, 15) is 14.0 Å². The van der Waals surface area contributed by atoms with Crippen LogP contribution in [0.25, 0.3) is 16.7 Å². The van der Waals surface area contributed by atoms with E-state index in [2.05, 4.69) is 0 Å². The van der Waals surface area contributed by atoms with E-state index in [4.69, 9.17) is 4.74 Å². The Morgan fingerprint density at radius 3 is 2.12 bits per heavy atom. The van der Waals surface area contributed by atoms with Gasteiger partial charge < -0.3 is 4.74 Å². The summed E-state index contributed by atoms with van der Waals surface area (Å²) in [6, 6.07) is 22.8. The Labute approximate surface area is 186 Å². The maximum absolute atomic E-state index is 14.9. The van der Waals surface area contributed by atoms with E-state index in [0.717, 1.165) is 11.1 Å². The standard InChI is InChI=1S/C27H24FNO3/c1-18-24(20-12-8-5-9-13-20)26(31)29(17-32-18)27(2,3)25(30)21-14-15-22(23(28)16-21)19-10-6-4-7-11-19/h4-16H,17H2,1-3H3. The van der Waals surface area contributed by atoms with Gasteiger partial charge >= 0.3 is 0 Å². The first-order valence-electron chi connectivity index (χ1n) is 10.4. The highest BCUT2D eigenvalue weighted by Gasteiger charge is 2.42. The van der Waals surface area contributed by atoms with Gasteiger partial charge in [0.05, 0.1) is 5.57 Å². The van der Waals surface area contributed by atoms with Crippen molar-refractivity contribution in [3.8, 4) is 11.1 Å². The van der Waals surface area contributed by atoms with Crippen molar-refractivity contribution in [1.29, 1.82) is 0 Å². The van der Waals surface area contributed by atoms with Gasteiger partial charge in [0.1, 0.15) is 17.1 Å². The molecule has 0 radical (unpaired) electrons. The van der Waals surface area contributed by atoms with E-state index in [-0.39, 0.29) is 24.0 Å². The summed E-state index contributed by atoms with van der Waals surface area (Å²) < 4.78 is 20.6. The molecule has 1 aliphatic heterocycles. The van der Waals surface area contributed by atoms with Gasteiger partial charge in [-0.2, -0.15) is 0 Å². The molecular formula is C27H24FNO3. The van der Waals surface area contributed by atoms with Gasteiger partial charge in [0, 0.05) is 11.1 Å². The zero-order chi connectivity index (χ0) is 22.9. The molecule has 0 atom stereocenters. The van der Waals surface area contributed by atoms with Gasteiger partial charge in [-0.1, -0.05) is 72.8 Å². The van der Waals surface area contributed by atoms with Gasteiger partial charge in [-0.3, -0.25) is 14.5 Å². The minimum atomic E-state index is -1.24. The Kier molecular flexibility index (Phi) is 5.66. The van der Waals surface area contributed by atoms with Crippen molar-refractivity contribution in [2.75, 3.05) is 6.73 Å². The summed E-state index contributed by atoms with van der Waals surface area (Å²) in [4.78, 5) is 28.2. The molecule has 0 unspecified atom stereocenters. The van der Waals surface area contributed by atoms with Gasteiger partial charge in [0.15, 0.2) is 12.5 Å². The lowest BCUT2D eigenvalue weighted by Gasteiger charge is -2.40. The first-order valence-corrected chi connectivity index (χ1v) is 10.4. The van der Waals surface area contributed by atoms with E-state index in [1.54, 1.807) is 32.9 Å². The molecule has 0 spiro atoms. The number of allylic oxidation sites excluding steroid dienone is 1. The predicted octanol–water partition coefficient (Wildman–Crippen LogP) is 5.70. The van der Waals surface area contributed by atoms with Crippen molar-refractivity contribution in [1.82, 2.24) is 4.90 Å². The number of hydrogen-bond acceptors (Lipinski definition) is 3. The molecule has 0 aromatic heterocycles. The Balaban J connectivity index is 1.64. The third-order valence-corrected chi connectivity index (χ3v) is 5.83. The number of ketones is 1. The highest BCUT2D eigenvalue weighted by atomic mass is 19.1. The maximum Gasteiger partial charge on any atom is 0.261 e. The van der Waals surface area contributed by atoms with Crippen LogP contribution in [0, 0.1) is 5.82 Å². The van der Waals surface area contributed by atoms with Crippen LogP contribution in [0.15, 0.2) is 84.6 Å². The van der Waals surface area contributed by atoms with E-state index >= 15 is 0 Å². The van der Waals surface area contributed by atoms with Crippen LogP contribution in [0.3, 0.4) is 0 Å². The highest BCUT2D eigenvalue weighted by Crippen LogP contribution is 2.32. The Bertz CT molecular complexity index is 1200. The monoisotopic (exact) mass is 429 g/mol. The number of rotatable bonds is 5. The number of Topliss-reactive ketones (excluding diaryl/α,β-unsaturated/α-hetero) is 1. The van der Waals surface area contributed by atoms with Crippen LogP contribution in [0.5, 0.6) is 0 Å². The second kappa shape index (κ2) is 8.42. The third-order valence-electron chi connectivity index (χ3n) is 5.83. The van der Waals surface area contributed by atoms with E-state index in [0.29, 0.717) is 16.9 Å². The SMILES string of the molecule is CC1=C(c2ccccc2)C(=O)N(C(C)(C)C(=O)c2ccc(-c3ccccc3)c(F)c2)CO1. The maximum atomic E-state index is 14.9. The lowest BCUT2D eigenvalue weighted by molar-refractivity contribution is -0.136. The summed E-state index contributed by atoms with van der Waals surface area (Å²) in [7, 11) is 0. The fourth-order valence-electron chi connectivity index (χ4n) is 3.91. The number of carbonyl (C=O) groups excluding carboxylic acids is 2. The van der Waals surface area contributed by atoms with Crippen LogP contribution in [-0.2, 0) is 9.53 Å². The molecule has 0 N–H and O–H groups in total. The molecule has 0 fully saturated rings. The van der Waals surface area contributed by atoms with Crippen molar-refractivity contribution in [3.63, 3.8) is 0 Å². The van der Waals surface area contributed by atoms with Crippen LogP contribution < -0.4 is 0 Å². The molecule has 162 valence electrons. The van der Waals surface area contributed by atoms with E-state index in [1.165, 1.54) is 11.0 Å². The number of nitrogens with zero attached hydrogens (tertiary/aromatic N) is 1. The van der Waals surface area contributed by atoms with Crippen LogP contribution in [-0.4, -0.2) is 28.9 Å². The minimum absolute atomic E-state index is 0.0513. The zero-order valence-electron chi connectivity index (χ0n) is 18.3. The van der Waals surface area contributed by atoms with Gasteiger partial charge in [0.2, 0.25) is 0 Å². The third kappa shape index (κ3) is 3.82. The molecule has 32 heavy (non-hydrogen) atoms. The average molecular weight is 429 g/mol. The second-order valence-electron chi connectivity index (χ2n) is 8.25. The second-order valence-corrected chi connectivity index (χ2v) is 8.25. The Hall–Kier alpha value is -3.73. The van der Waals surface area contributed by atoms with Gasteiger partial charge in [0.25, 0.3) is 5.91 Å². The number of carbonyl (C=O) groups is 2. The molecule has 3 aromatic rings. The van der Waals surface area contributed by atoms with Crippen molar-refractivity contribution >= 4 is 17.3 Å². The van der Waals surface area contributed by atoms with E-state index in [1.807, 2.05) is 60.7 Å². The van der Waals surface area contributed by atoms with Gasteiger partial charge in [-0.25, -0.2) is 4.39 Å². The van der Waals surface area contributed by atoms with Crippen LogP contribution in [0.2, 0.25) is 0 Å². The number of ether oxygens (including phenoxy) is 1. The van der Waals surface area contributed by atoms with Gasteiger partial charge in [-0.15, -0.1) is 0 Å². The highest BCUT2D eigenvalue weighted by molar-refractivity contribution is 6.22. The summed E-state index contributed by atoms with van der Waals surface area (Å²) >= 11 is 0. The lowest BCUT2D eigenvalue weighted by Crippen LogP contribution is -2.55. The van der Waals surface area contributed by atoms with Crippen molar-refractivity contribution in [2.24, 2.45) is 0 Å². The molecule has 1 aliphatic rings. The zero-order valence-corrected chi connectivity index (χ0v) is 18.3. The van der Waals surface area contributed by atoms with Crippen LogP contribution >= 0.6 is 0 Å². The number of amides is 1. The van der Waals surface area contributed by atoms with Crippen molar-refractivity contribution in [2.45, 2.75) is 26.3 Å². The molecule has 1 heterocycles. The fourth-order valence-corrected chi connectivity index (χ4v) is 3.91. The molecule has 3 aromatic carbocycles. The predicted molar refractivity (Wildman–Crippen MR) is 122 cm³/mol. The summed E-state index contributed by atoms with van der Waals surface area (Å²) in [5.74, 6) is -0.627. The van der Waals surface area contributed by atoms with Crippen molar-refractivity contribution in [3.05, 3.63) is 102 Å². The quantitative estimate of drug-likeness (QED) is 0.489. The molecule has 1 amide bonds. The number of halogens is 1. The summed E-state index contributed by atoms with van der Waals surface area (Å²) in [6.45, 7) is 5.00. The molecule has 0 saturated carbocycles. The molecule has 4 nitrogen and oxygen atoms in total. The van der Waals surface area contributed by atoms with Gasteiger partial charge in [-0.05, 0) is 38.0 Å². The largest absolute Gasteiger partial charge is 0.477 e. The Morgan fingerprint density at radius 1 is 0.938 bits per heavy atom. The molecule has 0 bridgehead atoms. The minimum Gasteiger partial charge on any atom is -0.477 e. The molecule has 4 rings (SSSR count). The average Bonchev–Trinajstić information content (AvgIpc) is 2.79. The summed E-state index contributed by atoms with van der Waals surface area (Å²) in [6.07, 6.45) is 0. The molecule has 0 saturated heterocycles. The first kappa shape index (κ1) is 21.5. The Morgan fingerprint density at radius 2 is 1.53 bits per heavy atom. The summed E-state index contributed by atoms with van der Waals surface area (Å²) in [5.41, 5.74) is 1.26. The number of hydrogen-bond donors (Lipinski definition) is 0. The topological polar surface area (TPSA) is 46.6 Å². The van der Waals surface area contributed by atoms with Crippen molar-refractivity contribution < 1.29 is 18.7 Å². The van der Waals surface area contributed by atoms with Crippen LogP contribution in [0.4, 0.5) is 4.39 Å². The lowest BCUT2D eigenvalue weighted by atomic mass is 9.89.